The maximum absolute atomic E-state index is 12.1. The number of nitrogens with zero attached hydrogens (tertiary/aromatic N) is 5. The Morgan fingerprint density at radius 1 is 1.41 bits per heavy atom. The van der Waals surface area contributed by atoms with Crippen molar-refractivity contribution in [2.45, 2.75) is 19.0 Å². The molecule has 4 rings (SSSR count). The number of carbonyl (C=O) groups excluding carboxylic acids is 1. The molecule has 3 aromatic heterocycles. The minimum atomic E-state index is -0.139. The molecule has 3 aromatic rings. The number of hydrogen-bond acceptors (Lipinski definition) is 6. The summed E-state index contributed by atoms with van der Waals surface area (Å²) in [4.78, 5) is 24.4. The van der Waals surface area contributed by atoms with Gasteiger partial charge in [-0.15, -0.1) is 11.3 Å². The number of hydrogen-bond donors (Lipinski definition) is 2. The van der Waals surface area contributed by atoms with E-state index in [0.29, 0.717) is 19.0 Å². The van der Waals surface area contributed by atoms with E-state index in [1.165, 1.54) is 0 Å². The first-order chi connectivity index (χ1) is 13.2. The van der Waals surface area contributed by atoms with E-state index in [1.54, 1.807) is 28.4 Å². The summed E-state index contributed by atoms with van der Waals surface area (Å²) in [6.07, 6.45) is 6.35. The Morgan fingerprint density at radius 2 is 2.33 bits per heavy atom. The van der Waals surface area contributed by atoms with E-state index in [-0.39, 0.29) is 12.1 Å². The van der Waals surface area contributed by atoms with Crippen LogP contribution in [0.1, 0.15) is 11.3 Å². The number of aromatic nitrogens is 4. The van der Waals surface area contributed by atoms with Crippen molar-refractivity contribution < 1.29 is 4.79 Å². The van der Waals surface area contributed by atoms with Crippen LogP contribution in [-0.4, -0.2) is 44.9 Å². The first kappa shape index (κ1) is 17.5. The zero-order valence-electron chi connectivity index (χ0n) is 15.0. The molecule has 0 saturated carbocycles. The number of rotatable bonds is 5. The predicted molar refractivity (Wildman–Crippen MR) is 105 cm³/mol. The van der Waals surface area contributed by atoms with Crippen molar-refractivity contribution in [3.05, 3.63) is 47.0 Å². The van der Waals surface area contributed by atoms with Crippen LogP contribution in [0.4, 0.5) is 10.7 Å². The number of amides is 2. The highest BCUT2D eigenvalue weighted by atomic mass is 32.1. The van der Waals surface area contributed by atoms with Gasteiger partial charge in [0.15, 0.2) is 0 Å². The van der Waals surface area contributed by atoms with Gasteiger partial charge in [0.25, 0.3) is 0 Å². The van der Waals surface area contributed by atoms with Gasteiger partial charge in [-0.1, -0.05) is 6.07 Å². The number of thiophene rings is 1. The molecule has 1 atom stereocenters. The molecule has 0 spiro atoms. The highest BCUT2D eigenvalue weighted by Crippen LogP contribution is 2.21. The van der Waals surface area contributed by atoms with Gasteiger partial charge < -0.3 is 15.5 Å². The van der Waals surface area contributed by atoms with E-state index >= 15 is 0 Å². The molecule has 0 aromatic carbocycles. The average Bonchev–Trinajstić information content (AvgIpc) is 3.42. The third-order valence-corrected chi connectivity index (χ3v) is 5.33. The van der Waals surface area contributed by atoms with E-state index in [0.717, 1.165) is 29.1 Å². The van der Waals surface area contributed by atoms with Gasteiger partial charge in [0.05, 0.1) is 18.4 Å². The van der Waals surface area contributed by atoms with Crippen LogP contribution in [-0.2, 0) is 13.6 Å². The van der Waals surface area contributed by atoms with E-state index in [2.05, 4.69) is 30.6 Å². The third-order valence-electron chi connectivity index (χ3n) is 4.45. The Kier molecular flexibility index (Phi) is 5.01. The summed E-state index contributed by atoms with van der Waals surface area (Å²) >= 11 is 1.63. The first-order valence-corrected chi connectivity index (χ1v) is 9.69. The van der Waals surface area contributed by atoms with Gasteiger partial charge in [0.2, 0.25) is 5.95 Å². The van der Waals surface area contributed by atoms with Crippen molar-refractivity contribution in [2.75, 3.05) is 18.0 Å². The lowest BCUT2D eigenvalue weighted by molar-refractivity contribution is 0.237. The van der Waals surface area contributed by atoms with Crippen molar-refractivity contribution in [1.82, 2.24) is 30.4 Å². The first-order valence-electron chi connectivity index (χ1n) is 8.81. The van der Waals surface area contributed by atoms with Gasteiger partial charge in [0.1, 0.15) is 0 Å². The van der Waals surface area contributed by atoms with Gasteiger partial charge >= 0.3 is 6.03 Å². The van der Waals surface area contributed by atoms with E-state index in [4.69, 9.17) is 0 Å². The van der Waals surface area contributed by atoms with E-state index in [1.807, 2.05) is 36.8 Å². The molecule has 140 valence electrons. The smallest absolute Gasteiger partial charge is 0.315 e. The molecule has 1 unspecified atom stereocenters. The molecule has 8 nitrogen and oxygen atoms in total. The lowest BCUT2D eigenvalue weighted by atomic mass is 10.2. The van der Waals surface area contributed by atoms with Crippen molar-refractivity contribution in [2.24, 2.45) is 7.05 Å². The summed E-state index contributed by atoms with van der Waals surface area (Å²) in [7, 11) is 1.88. The van der Waals surface area contributed by atoms with Crippen LogP contribution >= 0.6 is 11.3 Å². The van der Waals surface area contributed by atoms with Gasteiger partial charge in [-0.3, -0.25) is 4.68 Å². The van der Waals surface area contributed by atoms with Gasteiger partial charge in [-0.2, -0.15) is 5.10 Å². The molecule has 2 N–H and O–H groups in total. The topological polar surface area (TPSA) is 88.0 Å². The maximum atomic E-state index is 12.1. The predicted octanol–water partition coefficient (Wildman–Crippen LogP) is 2.02. The van der Waals surface area contributed by atoms with Crippen molar-refractivity contribution in [1.29, 1.82) is 0 Å². The summed E-state index contributed by atoms with van der Waals surface area (Å²) in [5.74, 6) is 0.680. The number of carbonyl (C=O) groups is 1. The average molecular weight is 383 g/mol. The molecule has 2 amide bonds. The molecule has 1 saturated heterocycles. The summed E-state index contributed by atoms with van der Waals surface area (Å²) < 4.78 is 1.75. The normalized spacial score (nSPS) is 16.5. The third kappa shape index (κ3) is 4.25. The minimum Gasteiger partial charge on any atom is -0.339 e. The van der Waals surface area contributed by atoms with Crippen molar-refractivity contribution >= 4 is 23.3 Å². The van der Waals surface area contributed by atoms with Crippen LogP contribution < -0.4 is 15.5 Å². The fourth-order valence-corrected chi connectivity index (χ4v) is 3.74. The molecule has 1 aliphatic heterocycles. The molecular weight excluding hydrogens is 362 g/mol. The molecule has 9 heteroatoms. The summed E-state index contributed by atoms with van der Waals surface area (Å²) in [6.45, 7) is 2.06. The zero-order chi connectivity index (χ0) is 18.6. The Morgan fingerprint density at radius 3 is 3.11 bits per heavy atom. The Bertz CT molecular complexity index is 908. The van der Waals surface area contributed by atoms with E-state index in [9.17, 15) is 4.79 Å². The van der Waals surface area contributed by atoms with Gasteiger partial charge in [0, 0.05) is 49.0 Å². The van der Waals surface area contributed by atoms with Crippen LogP contribution in [0.3, 0.4) is 0 Å². The number of urea groups is 1. The second-order valence-electron chi connectivity index (χ2n) is 6.48. The minimum absolute atomic E-state index is 0.0824. The van der Waals surface area contributed by atoms with Crippen molar-refractivity contribution in [3.8, 4) is 11.3 Å². The molecule has 1 aliphatic rings. The van der Waals surface area contributed by atoms with Crippen molar-refractivity contribution in [3.63, 3.8) is 0 Å². The Labute approximate surface area is 161 Å². The lowest BCUT2D eigenvalue weighted by Crippen LogP contribution is -2.43. The molecule has 0 bridgehead atoms. The second-order valence-corrected chi connectivity index (χ2v) is 7.51. The second kappa shape index (κ2) is 7.75. The number of anilines is 1. The number of nitrogens with one attached hydrogen (secondary N) is 2. The SMILES string of the molecule is Cn1cc(-c2ccnc(N3CCC(NC(=O)NCc4cccs4)C3)n2)cn1. The Balaban J connectivity index is 1.33. The largest absolute Gasteiger partial charge is 0.339 e. The quantitative estimate of drug-likeness (QED) is 0.704. The lowest BCUT2D eigenvalue weighted by Gasteiger charge is -2.17. The Hall–Kier alpha value is -2.94. The monoisotopic (exact) mass is 383 g/mol. The molecule has 4 heterocycles. The fourth-order valence-electron chi connectivity index (χ4n) is 3.09. The molecular formula is C18H21N7OS. The zero-order valence-corrected chi connectivity index (χ0v) is 15.8. The summed E-state index contributed by atoms with van der Waals surface area (Å²) in [5, 5.41) is 12.1. The summed E-state index contributed by atoms with van der Waals surface area (Å²) in [6, 6.07) is 5.81. The van der Waals surface area contributed by atoms with E-state index < -0.39 is 0 Å². The molecule has 0 aliphatic carbocycles. The van der Waals surface area contributed by atoms with Crippen LogP contribution in [0.5, 0.6) is 0 Å². The molecule has 1 fully saturated rings. The van der Waals surface area contributed by atoms with Gasteiger partial charge in [-0.05, 0) is 23.9 Å². The fraction of sp³-hybridized carbons (Fsp3) is 0.333. The van der Waals surface area contributed by atoms with Crippen LogP contribution in [0, 0.1) is 0 Å². The maximum Gasteiger partial charge on any atom is 0.315 e. The highest BCUT2D eigenvalue weighted by Gasteiger charge is 2.25. The summed E-state index contributed by atoms with van der Waals surface area (Å²) in [5.41, 5.74) is 1.81. The standard InChI is InChI=1S/C18H21N7OS/c1-24-11-13(9-21-24)16-4-6-19-17(23-16)25-7-5-14(12-25)22-18(26)20-10-15-3-2-8-27-15/h2-4,6,8-9,11,14H,5,7,10,12H2,1H3,(H2,20,22,26). The van der Waals surface area contributed by atoms with Crippen LogP contribution in [0.25, 0.3) is 11.3 Å². The highest BCUT2D eigenvalue weighted by molar-refractivity contribution is 7.09. The number of aryl methyl sites for hydroxylation is 1. The van der Waals surface area contributed by atoms with Crippen LogP contribution in [0.2, 0.25) is 0 Å². The molecule has 0 radical (unpaired) electrons. The van der Waals surface area contributed by atoms with Gasteiger partial charge in [-0.25, -0.2) is 14.8 Å². The van der Waals surface area contributed by atoms with Crippen LogP contribution in [0.15, 0.2) is 42.2 Å². The molecule has 27 heavy (non-hydrogen) atoms.